The fourth-order valence-electron chi connectivity index (χ4n) is 1.99. The smallest absolute Gasteiger partial charge is 0.230 e. The van der Waals surface area contributed by atoms with Crippen molar-refractivity contribution in [2.75, 3.05) is 5.32 Å². The first kappa shape index (κ1) is 16.1. The zero-order valence-electron chi connectivity index (χ0n) is 12.1. The number of aromatic nitrogens is 2. The third kappa shape index (κ3) is 3.43. The second-order valence-corrected chi connectivity index (χ2v) is 5.69. The first-order chi connectivity index (χ1) is 11.5. The number of thiazole rings is 1. The first-order valence-corrected chi connectivity index (χ1v) is 7.70. The highest BCUT2D eigenvalue weighted by Gasteiger charge is 2.16. The van der Waals surface area contributed by atoms with Crippen molar-refractivity contribution in [2.24, 2.45) is 0 Å². The highest BCUT2D eigenvalue weighted by molar-refractivity contribution is 7.13. The van der Waals surface area contributed by atoms with E-state index in [0.717, 1.165) is 17.7 Å². The van der Waals surface area contributed by atoms with E-state index in [9.17, 15) is 18.0 Å². The molecule has 8 heteroatoms. The Morgan fingerprint density at radius 1 is 1.17 bits per heavy atom. The summed E-state index contributed by atoms with van der Waals surface area (Å²) in [5, 5.41) is 4.60. The Hall–Kier alpha value is -2.74. The van der Waals surface area contributed by atoms with Gasteiger partial charge in [0.2, 0.25) is 5.91 Å². The number of anilines is 1. The number of carbonyl (C=O) groups is 1. The molecule has 1 N–H and O–H groups in total. The van der Waals surface area contributed by atoms with Gasteiger partial charge in [0.1, 0.15) is 5.01 Å². The van der Waals surface area contributed by atoms with E-state index in [2.05, 4.69) is 15.3 Å². The molecule has 0 saturated heterocycles. The second-order valence-electron chi connectivity index (χ2n) is 4.83. The van der Waals surface area contributed by atoms with Crippen molar-refractivity contribution in [1.82, 2.24) is 9.97 Å². The lowest BCUT2D eigenvalue weighted by Crippen LogP contribution is -2.16. The number of carbonyl (C=O) groups excluding carboxylic acids is 1. The van der Waals surface area contributed by atoms with Gasteiger partial charge in [-0.15, -0.1) is 11.3 Å². The lowest BCUT2D eigenvalue weighted by atomic mass is 10.2. The first-order valence-electron chi connectivity index (χ1n) is 6.82. The zero-order valence-corrected chi connectivity index (χ0v) is 12.9. The number of hydrogen-bond acceptors (Lipinski definition) is 4. The summed E-state index contributed by atoms with van der Waals surface area (Å²) in [6, 6.07) is 5.33. The van der Waals surface area contributed by atoms with E-state index >= 15 is 0 Å². The minimum Gasteiger partial charge on any atom is -0.323 e. The van der Waals surface area contributed by atoms with Crippen LogP contribution in [-0.2, 0) is 11.2 Å². The van der Waals surface area contributed by atoms with Gasteiger partial charge in [0, 0.05) is 23.3 Å². The summed E-state index contributed by atoms with van der Waals surface area (Å²) >= 11 is 1.34. The molecule has 0 unspecified atom stereocenters. The number of benzene rings is 1. The van der Waals surface area contributed by atoms with E-state index in [1.165, 1.54) is 11.3 Å². The Balaban J connectivity index is 1.70. The summed E-state index contributed by atoms with van der Waals surface area (Å²) in [5.41, 5.74) is 0.891. The molecule has 0 aliphatic heterocycles. The van der Waals surface area contributed by atoms with Crippen LogP contribution in [-0.4, -0.2) is 15.9 Å². The van der Waals surface area contributed by atoms with E-state index in [0.29, 0.717) is 10.7 Å². The number of nitrogens with one attached hydrogen (secondary N) is 1. The molecule has 0 fully saturated rings. The van der Waals surface area contributed by atoms with Crippen LogP contribution in [0.1, 0.15) is 5.69 Å². The average Bonchev–Trinajstić information content (AvgIpc) is 3.04. The van der Waals surface area contributed by atoms with Gasteiger partial charge in [0.15, 0.2) is 17.5 Å². The van der Waals surface area contributed by atoms with Crippen molar-refractivity contribution >= 4 is 22.9 Å². The summed E-state index contributed by atoms with van der Waals surface area (Å²) in [6.07, 6.45) is 3.18. The fourth-order valence-corrected chi connectivity index (χ4v) is 2.80. The zero-order chi connectivity index (χ0) is 17.1. The van der Waals surface area contributed by atoms with Gasteiger partial charge in [-0.1, -0.05) is 0 Å². The van der Waals surface area contributed by atoms with E-state index in [1.54, 1.807) is 23.8 Å². The fraction of sp³-hybridized carbons (Fsp3) is 0.0625. The normalized spacial score (nSPS) is 10.6. The van der Waals surface area contributed by atoms with Crippen LogP contribution in [0, 0.1) is 17.5 Å². The Bertz CT molecular complexity index is 884. The summed E-state index contributed by atoms with van der Waals surface area (Å²) < 4.78 is 39.5. The van der Waals surface area contributed by atoms with Gasteiger partial charge in [-0.2, -0.15) is 0 Å². The Morgan fingerprint density at radius 3 is 2.75 bits per heavy atom. The van der Waals surface area contributed by atoms with Crippen LogP contribution >= 0.6 is 11.3 Å². The Morgan fingerprint density at radius 2 is 2.00 bits per heavy atom. The van der Waals surface area contributed by atoms with Crippen LogP contribution in [0.15, 0.2) is 42.0 Å². The number of nitrogens with zero attached hydrogens (tertiary/aromatic N) is 2. The van der Waals surface area contributed by atoms with Crippen LogP contribution < -0.4 is 5.32 Å². The molecule has 24 heavy (non-hydrogen) atoms. The average molecular weight is 349 g/mol. The number of rotatable bonds is 4. The van der Waals surface area contributed by atoms with Crippen molar-refractivity contribution in [2.45, 2.75) is 6.42 Å². The molecule has 0 aliphatic carbocycles. The van der Waals surface area contributed by atoms with E-state index in [4.69, 9.17) is 0 Å². The molecule has 0 aliphatic rings. The van der Waals surface area contributed by atoms with Crippen molar-refractivity contribution < 1.29 is 18.0 Å². The summed E-state index contributed by atoms with van der Waals surface area (Å²) in [4.78, 5) is 20.2. The summed E-state index contributed by atoms with van der Waals surface area (Å²) in [6.45, 7) is 0. The van der Waals surface area contributed by atoms with E-state index in [1.807, 2.05) is 6.07 Å². The maximum absolute atomic E-state index is 13.5. The summed E-state index contributed by atoms with van der Waals surface area (Å²) in [5.74, 6) is -4.95. The van der Waals surface area contributed by atoms with Crippen LogP contribution in [0.4, 0.5) is 18.9 Å². The van der Waals surface area contributed by atoms with Crippen LogP contribution in [0.3, 0.4) is 0 Å². The molecular weight excluding hydrogens is 339 g/mol. The van der Waals surface area contributed by atoms with Gasteiger partial charge in [-0.05, 0) is 24.3 Å². The van der Waals surface area contributed by atoms with E-state index < -0.39 is 29.0 Å². The van der Waals surface area contributed by atoms with Gasteiger partial charge in [-0.25, -0.2) is 18.2 Å². The lowest BCUT2D eigenvalue weighted by molar-refractivity contribution is -0.115. The molecule has 0 spiro atoms. The molecule has 3 rings (SSSR count). The third-order valence-electron chi connectivity index (χ3n) is 3.11. The molecule has 1 amide bonds. The lowest BCUT2D eigenvalue weighted by Gasteiger charge is -2.06. The molecule has 4 nitrogen and oxygen atoms in total. The molecule has 2 aromatic heterocycles. The third-order valence-corrected chi connectivity index (χ3v) is 4.05. The predicted octanol–water partition coefficient (Wildman–Crippen LogP) is 3.80. The minimum absolute atomic E-state index is 0.116. The molecule has 0 bridgehead atoms. The van der Waals surface area contributed by atoms with Gasteiger partial charge in [0.05, 0.1) is 17.8 Å². The maximum Gasteiger partial charge on any atom is 0.230 e. The monoisotopic (exact) mass is 349 g/mol. The largest absolute Gasteiger partial charge is 0.323 e. The molecule has 0 saturated carbocycles. The highest BCUT2D eigenvalue weighted by Crippen LogP contribution is 2.23. The van der Waals surface area contributed by atoms with Crippen molar-refractivity contribution in [3.63, 3.8) is 0 Å². The molecule has 3 aromatic rings. The van der Waals surface area contributed by atoms with Gasteiger partial charge >= 0.3 is 0 Å². The quantitative estimate of drug-likeness (QED) is 0.729. The molecule has 2 heterocycles. The predicted molar refractivity (Wildman–Crippen MR) is 84.0 cm³/mol. The maximum atomic E-state index is 13.5. The van der Waals surface area contributed by atoms with Crippen LogP contribution in [0.5, 0.6) is 0 Å². The minimum atomic E-state index is -1.62. The van der Waals surface area contributed by atoms with Crippen LogP contribution in [0.2, 0.25) is 0 Å². The second kappa shape index (κ2) is 6.79. The van der Waals surface area contributed by atoms with E-state index in [-0.39, 0.29) is 6.42 Å². The standard InChI is InChI=1S/C16H10F3N3OS/c17-11-3-4-12(15(19)14(11)18)22-13(23)6-10-8-24-16(21-10)9-2-1-5-20-7-9/h1-5,7-8H,6H2,(H,22,23). The highest BCUT2D eigenvalue weighted by atomic mass is 32.1. The number of hydrogen-bond donors (Lipinski definition) is 1. The van der Waals surface area contributed by atoms with Crippen molar-refractivity contribution in [3.8, 4) is 10.6 Å². The molecule has 0 atom stereocenters. The van der Waals surface area contributed by atoms with Gasteiger partial charge in [-0.3, -0.25) is 9.78 Å². The van der Waals surface area contributed by atoms with Gasteiger partial charge < -0.3 is 5.32 Å². The Kier molecular flexibility index (Phi) is 4.57. The van der Waals surface area contributed by atoms with Crippen molar-refractivity contribution in [3.05, 3.63) is 65.2 Å². The SMILES string of the molecule is O=C(Cc1csc(-c2cccnc2)n1)Nc1ccc(F)c(F)c1F. The number of amides is 1. The molecule has 1 aromatic carbocycles. The topological polar surface area (TPSA) is 54.9 Å². The molecular formula is C16H10F3N3OS. The Labute approximate surface area is 139 Å². The molecule has 0 radical (unpaired) electrons. The molecule has 122 valence electrons. The van der Waals surface area contributed by atoms with Gasteiger partial charge in [0.25, 0.3) is 0 Å². The summed E-state index contributed by atoms with van der Waals surface area (Å²) in [7, 11) is 0. The number of halogens is 3. The number of pyridine rings is 1. The van der Waals surface area contributed by atoms with Crippen molar-refractivity contribution in [1.29, 1.82) is 0 Å². The van der Waals surface area contributed by atoms with Crippen LogP contribution in [0.25, 0.3) is 10.6 Å².